The lowest BCUT2D eigenvalue weighted by atomic mass is 10.0. The lowest BCUT2D eigenvalue weighted by Gasteiger charge is -2.13. The molecule has 0 fully saturated rings. The molecular formula is C18H17FN4O2S. The van der Waals surface area contributed by atoms with E-state index in [4.69, 9.17) is 0 Å². The lowest BCUT2D eigenvalue weighted by Crippen LogP contribution is -2.29. The number of hydrogen-bond donors (Lipinski definition) is 2. The first kappa shape index (κ1) is 18.1. The normalized spacial score (nSPS) is 12.0. The summed E-state index contributed by atoms with van der Waals surface area (Å²) in [6.07, 6.45) is 1.35. The lowest BCUT2D eigenvalue weighted by molar-refractivity contribution is 0.0917. The first-order valence-electron chi connectivity index (χ1n) is 7.90. The van der Waals surface area contributed by atoms with Crippen LogP contribution in [-0.4, -0.2) is 32.5 Å². The van der Waals surface area contributed by atoms with Crippen LogP contribution in [0.4, 0.5) is 4.39 Å². The van der Waals surface area contributed by atoms with Gasteiger partial charge in [0.05, 0.1) is 28.5 Å². The summed E-state index contributed by atoms with van der Waals surface area (Å²) in [4.78, 5) is 25.2. The third kappa shape index (κ3) is 3.92. The second kappa shape index (κ2) is 7.67. The molecule has 134 valence electrons. The molecular weight excluding hydrogens is 355 g/mol. The van der Waals surface area contributed by atoms with Gasteiger partial charge in [-0.05, 0) is 25.5 Å². The highest BCUT2D eigenvalue weighted by Crippen LogP contribution is 2.22. The number of aliphatic hydroxyl groups excluding tert-OH is 1. The Labute approximate surface area is 153 Å². The summed E-state index contributed by atoms with van der Waals surface area (Å²) in [7, 11) is 0. The topological polar surface area (TPSA) is 88.0 Å². The largest absolute Gasteiger partial charge is 0.386 e. The molecule has 0 saturated carbocycles. The van der Waals surface area contributed by atoms with Crippen LogP contribution >= 0.6 is 11.3 Å². The Morgan fingerprint density at radius 1 is 1.27 bits per heavy atom. The van der Waals surface area contributed by atoms with Crippen LogP contribution in [0.5, 0.6) is 0 Å². The fraction of sp³-hybridized carbons (Fsp3) is 0.222. The van der Waals surface area contributed by atoms with Crippen molar-refractivity contribution in [2.24, 2.45) is 0 Å². The zero-order valence-electron chi connectivity index (χ0n) is 14.2. The maximum absolute atomic E-state index is 13.0. The average molecular weight is 372 g/mol. The number of aliphatic hydroxyl groups is 1. The Morgan fingerprint density at radius 2 is 2.00 bits per heavy atom. The number of amides is 1. The van der Waals surface area contributed by atoms with Crippen molar-refractivity contribution >= 4 is 17.2 Å². The number of hydrogen-bond acceptors (Lipinski definition) is 6. The van der Waals surface area contributed by atoms with Crippen LogP contribution in [0.15, 0.2) is 36.1 Å². The van der Waals surface area contributed by atoms with E-state index in [0.717, 1.165) is 28.5 Å². The fourth-order valence-electron chi connectivity index (χ4n) is 2.48. The third-order valence-electron chi connectivity index (χ3n) is 3.90. The number of aromatic nitrogens is 3. The molecule has 0 bridgehead atoms. The summed E-state index contributed by atoms with van der Waals surface area (Å²) in [5.74, 6) is -0.500. The summed E-state index contributed by atoms with van der Waals surface area (Å²) in [6, 6.07) is 5.21. The number of carbonyl (C=O) groups is 1. The molecule has 2 heterocycles. The molecule has 0 aliphatic heterocycles. The number of benzene rings is 1. The van der Waals surface area contributed by atoms with E-state index in [2.05, 4.69) is 20.3 Å². The van der Waals surface area contributed by atoms with Crippen LogP contribution in [0, 0.1) is 19.7 Å². The van der Waals surface area contributed by atoms with Crippen molar-refractivity contribution in [2.75, 3.05) is 6.54 Å². The van der Waals surface area contributed by atoms with Crippen LogP contribution in [0.2, 0.25) is 0 Å². The van der Waals surface area contributed by atoms with E-state index < -0.39 is 11.9 Å². The molecule has 3 aromatic rings. The second-order valence-electron chi connectivity index (χ2n) is 5.78. The number of nitrogens with zero attached hydrogens (tertiary/aromatic N) is 3. The third-order valence-corrected chi connectivity index (χ3v) is 4.93. The van der Waals surface area contributed by atoms with Crippen LogP contribution in [0.25, 0.3) is 11.4 Å². The number of halogens is 1. The van der Waals surface area contributed by atoms with E-state index in [1.807, 2.05) is 13.8 Å². The summed E-state index contributed by atoms with van der Waals surface area (Å²) < 4.78 is 13.0. The standard InChI is InChI=1S/C18H17FN4O2S/c1-10-3-4-12(17-20-6-13(19)7-21-17)5-14(10)18(25)22-8-15(24)16-11(2)23-9-26-16/h3-7,9,15,24H,8H2,1-2H3,(H,22,25). The molecule has 8 heteroatoms. The molecule has 6 nitrogen and oxygen atoms in total. The van der Waals surface area contributed by atoms with Crippen molar-refractivity contribution in [1.82, 2.24) is 20.3 Å². The van der Waals surface area contributed by atoms with Gasteiger partial charge in [-0.3, -0.25) is 4.79 Å². The van der Waals surface area contributed by atoms with Gasteiger partial charge in [-0.25, -0.2) is 19.3 Å². The van der Waals surface area contributed by atoms with Crippen LogP contribution in [-0.2, 0) is 0 Å². The molecule has 0 radical (unpaired) electrons. The number of rotatable bonds is 5. The Morgan fingerprint density at radius 3 is 2.65 bits per heavy atom. The van der Waals surface area contributed by atoms with Gasteiger partial charge in [-0.2, -0.15) is 0 Å². The number of carbonyl (C=O) groups excluding carboxylic acids is 1. The van der Waals surface area contributed by atoms with Gasteiger partial charge in [0.25, 0.3) is 5.91 Å². The SMILES string of the molecule is Cc1ccc(-c2ncc(F)cn2)cc1C(=O)NCC(O)c1scnc1C. The quantitative estimate of drug-likeness (QED) is 0.719. The van der Waals surface area contributed by atoms with Gasteiger partial charge >= 0.3 is 0 Å². The molecule has 1 unspecified atom stereocenters. The van der Waals surface area contributed by atoms with Crippen molar-refractivity contribution in [2.45, 2.75) is 20.0 Å². The van der Waals surface area contributed by atoms with Gasteiger partial charge < -0.3 is 10.4 Å². The van der Waals surface area contributed by atoms with Gasteiger partial charge in [0.1, 0.15) is 6.10 Å². The summed E-state index contributed by atoms with van der Waals surface area (Å²) >= 11 is 1.35. The van der Waals surface area contributed by atoms with Crippen molar-refractivity contribution in [1.29, 1.82) is 0 Å². The Hall–Kier alpha value is -2.71. The van der Waals surface area contributed by atoms with Crippen molar-refractivity contribution < 1.29 is 14.3 Å². The van der Waals surface area contributed by atoms with Crippen LogP contribution in [0.1, 0.15) is 32.6 Å². The van der Waals surface area contributed by atoms with Gasteiger partial charge in [0, 0.05) is 17.7 Å². The zero-order chi connectivity index (χ0) is 18.7. The summed E-state index contributed by atoms with van der Waals surface area (Å²) in [5, 5.41) is 12.9. The smallest absolute Gasteiger partial charge is 0.251 e. The monoisotopic (exact) mass is 372 g/mol. The Bertz CT molecular complexity index is 927. The molecule has 0 saturated heterocycles. The average Bonchev–Trinajstić information content (AvgIpc) is 3.06. The highest BCUT2D eigenvalue weighted by atomic mass is 32.1. The Kier molecular flexibility index (Phi) is 5.34. The summed E-state index contributed by atoms with van der Waals surface area (Å²) in [6.45, 7) is 3.71. The molecule has 1 amide bonds. The van der Waals surface area contributed by atoms with Crippen molar-refractivity contribution in [3.05, 3.63) is 63.6 Å². The van der Waals surface area contributed by atoms with E-state index >= 15 is 0 Å². The molecule has 2 aromatic heterocycles. The van der Waals surface area contributed by atoms with E-state index in [1.54, 1.807) is 23.7 Å². The molecule has 26 heavy (non-hydrogen) atoms. The first-order chi connectivity index (χ1) is 12.5. The molecule has 1 atom stereocenters. The molecule has 0 aliphatic carbocycles. The van der Waals surface area contributed by atoms with Crippen molar-refractivity contribution in [3.8, 4) is 11.4 Å². The van der Waals surface area contributed by atoms with E-state index in [9.17, 15) is 14.3 Å². The second-order valence-corrected chi connectivity index (χ2v) is 6.67. The van der Waals surface area contributed by atoms with Gasteiger partial charge in [0.15, 0.2) is 11.6 Å². The van der Waals surface area contributed by atoms with Gasteiger partial charge in [-0.15, -0.1) is 11.3 Å². The minimum atomic E-state index is -0.810. The minimum absolute atomic E-state index is 0.0819. The van der Waals surface area contributed by atoms with E-state index in [0.29, 0.717) is 17.0 Å². The zero-order valence-corrected chi connectivity index (χ0v) is 15.0. The highest BCUT2D eigenvalue weighted by molar-refractivity contribution is 7.09. The van der Waals surface area contributed by atoms with Gasteiger partial charge in [-0.1, -0.05) is 12.1 Å². The van der Waals surface area contributed by atoms with E-state index in [1.165, 1.54) is 11.3 Å². The number of nitrogens with one attached hydrogen (secondary N) is 1. The highest BCUT2D eigenvalue weighted by Gasteiger charge is 2.16. The molecule has 0 spiro atoms. The number of aryl methyl sites for hydroxylation is 2. The summed E-state index contributed by atoms with van der Waals surface area (Å²) in [5.41, 5.74) is 4.25. The van der Waals surface area contributed by atoms with Crippen LogP contribution < -0.4 is 5.32 Å². The fourth-order valence-corrected chi connectivity index (χ4v) is 3.26. The maximum Gasteiger partial charge on any atom is 0.251 e. The first-order valence-corrected chi connectivity index (χ1v) is 8.78. The maximum atomic E-state index is 13.0. The molecule has 1 aromatic carbocycles. The Balaban J connectivity index is 1.75. The molecule has 2 N–H and O–H groups in total. The van der Waals surface area contributed by atoms with Crippen LogP contribution in [0.3, 0.4) is 0 Å². The van der Waals surface area contributed by atoms with Crippen molar-refractivity contribution in [3.63, 3.8) is 0 Å². The molecule has 3 rings (SSSR count). The van der Waals surface area contributed by atoms with Gasteiger partial charge in [0.2, 0.25) is 0 Å². The van der Waals surface area contributed by atoms with E-state index in [-0.39, 0.29) is 12.5 Å². The molecule has 0 aliphatic rings. The minimum Gasteiger partial charge on any atom is -0.386 e. The number of thiazole rings is 1. The predicted molar refractivity (Wildman–Crippen MR) is 96.3 cm³/mol. The predicted octanol–water partition coefficient (Wildman–Crippen LogP) is 2.82.